The van der Waals surface area contributed by atoms with Crippen LogP contribution in [0.5, 0.6) is 0 Å². The van der Waals surface area contributed by atoms with Crippen molar-refractivity contribution in [1.29, 1.82) is 0 Å². The number of piperazine rings is 1. The number of para-hydroxylation sites is 1. The van der Waals surface area contributed by atoms with Gasteiger partial charge in [0.15, 0.2) is 0 Å². The number of nitrogens with one attached hydrogen (secondary N) is 1. The molecule has 2 bridgehead atoms. The first kappa shape index (κ1) is 28.1. The van der Waals surface area contributed by atoms with Gasteiger partial charge in [-0.3, -0.25) is 14.3 Å². The van der Waals surface area contributed by atoms with Gasteiger partial charge >= 0.3 is 17.6 Å². The summed E-state index contributed by atoms with van der Waals surface area (Å²) in [4.78, 5) is 52.2. The molecule has 0 aliphatic carbocycles. The molecule has 39 heavy (non-hydrogen) atoms. The number of nitrogens with zero attached hydrogens (tertiary/aromatic N) is 3. The van der Waals surface area contributed by atoms with Gasteiger partial charge in [-0.2, -0.15) is 0 Å². The lowest BCUT2D eigenvalue weighted by molar-refractivity contribution is -0.134. The SMILES string of the molecule is Cc1ccc(N2C3CCC2CN(CCCn2c(=O)[nH]c4c(Cl)cccc4c2=O)C3)cc1.O=C(O)/C=C\C(=O)O. The lowest BCUT2D eigenvalue weighted by atomic mass is 10.1. The van der Waals surface area contributed by atoms with E-state index in [1.54, 1.807) is 18.2 Å². The summed E-state index contributed by atoms with van der Waals surface area (Å²) in [6, 6.07) is 15.0. The van der Waals surface area contributed by atoms with Gasteiger partial charge in [-0.1, -0.05) is 35.4 Å². The third-order valence-electron chi connectivity index (χ3n) is 7.08. The highest BCUT2D eigenvalue weighted by Crippen LogP contribution is 2.35. The zero-order valence-corrected chi connectivity index (χ0v) is 22.3. The maximum absolute atomic E-state index is 12.8. The van der Waals surface area contributed by atoms with Crippen LogP contribution in [0.1, 0.15) is 24.8 Å². The number of H-pyrrole nitrogens is 1. The van der Waals surface area contributed by atoms with E-state index in [2.05, 4.69) is 46.0 Å². The number of aryl methyl sites for hydroxylation is 1. The van der Waals surface area contributed by atoms with E-state index in [4.69, 9.17) is 21.8 Å². The van der Waals surface area contributed by atoms with Crippen LogP contribution in [-0.2, 0) is 16.1 Å². The van der Waals surface area contributed by atoms with Crippen LogP contribution in [0.3, 0.4) is 0 Å². The molecule has 2 aliphatic rings. The molecule has 5 rings (SSSR count). The van der Waals surface area contributed by atoms with Crippen molar-refractivity contribution in [2.24, 2.45) is 0 Å². The van der Waals surface area contributed by atoms with E-state index in [0.717, 1.165) is 26.1 Å². The van der Waals surface area contributed by atoms with E-state index in [-0.39, 0.29) is 5.56 Å². The van der Waals surface area contributed by atoms with Crippen molar-refractivity contribution in [3.8, 4) is 0 Å². The van der Waals surface area contributed by atoms with Crippen LogP contribution in [-0.4, -0.2) is 68.3 Å². The van der Waals surface area contributed by atoms with Crippen molar-refractivity contribution in [3.63, 3.8) is 0 Å². The Labute approximate surface area is 229 Å². The quantitative estimate of drug-likeness (QED) is 0.379. The van der Waals surface area contributed by atoms with Crippen LogP contribution >= 0.6 is 11.6 Å². The third-order valence-corrected chi connectivity index (χ3v) is 7.40. The lowest BCUT2D eigenvalue weighted by Crippen LogP contribution is -2.54. The molecule has 0 saturated carbocycles. The fraction of sp³-hybridized carbons (Fsp3) is 0.357. The number of aliphatic carboxylic acids is 2. The topological polar surface area (TPSA) is 136 Å². The summed E-state index contributed by atoms with van der Waals surface area (Å²) >= 11 is 6.13. The van der Waals surface area contributed by atoms with Gasteiger partial charge in [0.2, 0.25) is 0 Å². The average Bonchev–Trinajstić information content (AvgIpc) is 3.16. The number of aromatic amines is 1. The van der Waals surface area contributed by atoms with E-state index >= 15 is 0 Å². The minimum atomic E-state index is -1.26. The fourth-order valence-electron chi connectivity index (χ4n) is 5.35. The van der Waals surface area contributed by atoms with Crippen molar-refractivity contribution in [2.45, 2.75) is 44.8 Å². The van der Waals surface area contributed by atoms with Crippen LogP contribution in [0.4, 0.5) is 5.69 Å². The van der Waals surface area contributed by atoms with Crippen molar-refractivity contribution in [1.82, 2.24) is 14.5 Å². The summed E-state index contributed by atoms with van der Waals surface area (Å²) in [6.45, 7) is 5.47. The van der Waals surface area contributed by atoms with E-state index in [9.17, 15) is 19.2 Å². The van der Waals surface area contributed by atoms with E-state index in [1.807, 2.05) is 0 Å². The first-order valence-corrected chi connectivity index (χ1v) is 13.1. The number of hydrogen-bond acceptors (Lipinski definition) is 6. The number of fused-ring (bicyclic) bond motifs is 3. The molecule has 2 atom stereocenters. The Kier molecular flexibility index (Phi) is 8.88. The molecule has 2 aromatic carbocycles. The van der Waals surface area contributed by atoms with Crippen molar-refractivity contribution < 1.29 is 19.8 Å². The van der Waals surface area contributed by atoms with Gasteiger partial charge in [-0.15, -0.1) is 0 Å². The fourth-order valence-corrected chi connectivity index (χ4v) is 5.57. The van der Waals surface area contributed by atoms with Gasteiger partial charge in [-0.25, -0.2) is 14.4 Å². The Bertz CT molecular complexity index is 1470. The van der Waals surface area contributed by atoms with Gasteiger partial charge in [0.1, 0.15) is 0 Å². The molecule has 3 aromatic rings. The molecule has 2 aliphatic heterocycles. The molecule has 0 spiro atoms. The Hall–Kier alpha value is -3.89. The number of rotatable bonds is 7. The predicted molar refractivity (Wildman–Crippen MR) is 150 cm³/mol. The Balaban J connectivity index is 0.000000386. The van der Waals surface area contributed by atoms with Gasteiger partial charge in [0, 0.05) is 56.1 Å². The number of likely N-dealkylation sites (tertiary alicyclic amines) is 1. The monoisotopic (exact) mass is 554 g/mol. The molecule has 3 N–H and O–H groups in total. The number of benzene rings is 2. The Morgan fingerprint density at radius 2 is 1.59 bits per heavy atom. The second-order valence-corrected chi connectivity index (χ2v) is 10.2. The molecule has 2 unspecified atom stereocenters. The first-order valence-electron chi connectivity index (χ1n) is 12.8. The molecule has 0 radical (unpaired) electrons. The summed E-state index contributed by atoms with van der Waals surface area (Å²) < 4.78 is 1.30. The van der Waals surface area contributed by atoms with Crippen LogP contribution in [0.15, 0.2) is 64.2 Å². The van der Waals surface area contributed by atoms with E-state index in [0.29, 0.717) is 46.7 Å². The normalized spacial score (nSPS) is 18.8. The maximum Gasteiger partial charge on any atom is 0.328 e. The third kappa shape index (κ3) is 6.76. The molecule has 0 amide bonds. The number of hydrogen-bond donors (Lipinski definition) is 3. The number of carboxylic acids is 2. The molecule has 2 saturated heterocycles. The van der Waals surface area contributed by atoms with E-state index < -0.39 is 17.6 Å². The largest absolute Gasteiger partial charge is 0.478 e. The van der Waals surface area contributed by atoms with Crippen LogP contribution in [0, 0.1) is 6.92 Å². The van der Waals surface area contributed by atoms with Crippen molar-refractivity contribution in [3.05, 3.63) is 86.0 Å². The number of carboxylic acid groups (broad SMARTS) is 2. The number of halogens is 1. The lowest BCUT2D eigenvalue weighted by Gasteiger charge is -2.42. The minimum Gasteiger partial charge on any atom is -0.478 e. The second kappa shape index (κ2) is 12.3. The highest BCUT2D eigenvalue weighted by Gasteiger charge is 2.39. The zero-order valence-electron chi connectivity index (χ0n) is 21.5. The number of anilines is 1. The molecular weight excluding hydrogens is 524 g/mol. The summed E-state index contributed by atoms with van der Waals surface area (Å²) in [5, 5.41) is 16.5. The summed E-state index contributed by atoms with van der Waals surface area (Å²) in [5.41, 5.74) is 2.36. The molecule has 206 valence electrons. The van der Waals surface area contributed by atoms with Crippen molar-refractivity contribution in [2.75, 3.05) is 24.5 Å². The van der Waals surface area contributed by atoms with Crippen LogP contribution in [0.2, 0.25) is 5.02 Å². The molecule has 11 heteroatoms. The minimum absolute atomic E-state index is 0.273. The van der Waals surface area contributed by atoms with Gasteiger partial charge in [0.25, 0.3) is 5.56 Å². The molecule has 3 heterocycles. The van der Waals surface area contributed by atoms with E-state index in [1.165, 1.54) is 28.7 Å². The Morgan fingerprint density at radius 1 is 0.974 bits per heavy atom. The average molecular weight is 555 g/mol. The molecular formula is C28H31ClN4O6. The zero-order chi connectivity index (χ0) is 28.1. The van der Waals surface area contributed by atoms with Gasteiger partial charge in [-0.05, 0) is 50.5 Å². The molecule has 10 nitrogen and oxygen atoms in total. The van der Waals surface area contributed by atoms with Crippen LogP contribution < -0.4 is 16.1 Å². The summed E-state index contributed by atoms with van der Waals surface area (Å²) in [5.74, 6) is -2.51. The van der Waals surface area contributed by atoms with Gasteiger partial charge in [0.05, 0.1) is 15.9 Å². The number of carbonyl (C=O) groups is 2. The highest BCUT2D eigenvalue weighted by atomic mass is 35.5. The molecule has 2 fully saturated rings. The first-order chi connectivity index (χ1) is 18.6. The Morgan fingerprint density at radius 3 is 2.18 bits per heavy atom. The van der Waals surface area contributed by atoms with Crippen molar-refractivity contribution >= 4 is 40.1 Å². The highest BCUT2D eigenvalue weighted by molar-refractivity contribution is 6.34. The summed E-state index contributed by atoms with van der Waals surface area (Å²) in [6.07, 6.45) is 4.32. The van der Waals surface area contributed by atoms with Crippen LogP contribution in [0.25, 0.3) is 10.9 Å². The second-order valence-electron chi connectivity index (χ2n) is 9.80. The maximum atomic E-state index is 12.8. The standard InChI is InChI=1S/C24H27ClN4O2.C4H4O4/c1-16-6-8-17(9-7-16)29-18-10-11-19(29)15-27(14-18)12-3-13-28-23(30)20-4-2-5-21(25)22(20)26-24(28)31;5-3(6)1-2-4(7)8/h2,4-9,18-19H,3,10-15H2,1H3,(H,26,31);1-2H,(H,5,6)(H,7,8)/b;2-1-. The van der Waals surface area contributed by atoms with Gasteiger partial charge < -0.3 is 20.1 Å². The smallest absolute Gasteiger partial charge is 0.328 e. The predicted octanol–water partition coefficient (Wildman–Crippen LogP) is 3.11. The molecule has 1 aromatic heterocycles. The number of aromatic nitrogens is 2. The summed E-state index contributed by atoms with van der Waals surface area (Å²) in [7, 11) is 0.